The van der Waals surface area contributed by atoms with Crippen LogP contribution in [-0.4, -0.2) is 41.3 Å². The first-order valence-electron chi connectivity index (χ1n) is 7.87. The highest BCUT2D eigenvalue weighted by molar-refractivity contribution is 7.13. The molecule has 0 saturated carbocycles. The van der Waals surface area contributed by atoms with Crippen LogP contribution < -0.4 is 11.1 Å². The van der Waals surface area contributed by atoms with Gasteiger partial charge in [0.2, 0.25) is 11.8 Å². The van der Waals surface area contributed by atoms with Gasteiger partial charge in [-0.15, -0.1) is 11.3 Å². The van der Waals surface area contributed by atoms with E-state index in [0.717, 1.165) is 13.0 Å². The number of carbonyl (C=O) groups is 2. The zero-order chi connectivity index (χ0) is 17.3. The number of thiazole rings is 1. The van der Waals surface area contributed by atoms with E-state index in [1.165, 1.54) is 11.3 Å². The van der Waals surface area contributed by atoms with Gasteiger partial charge in [0.25, 0.3) is 0 Å². The molecular weight excluding hydrogens is 312 g/mol. The summed E-state index contributed by atoms with van der Waals surface area (Å²) >= 11 is 1.35. The SMILES string of the molecule is CC1(CN)CCN(C(=O)Cc2csc(NC(=O)C(C)(C)C)n2)C1. The molecule has 0 radical (unpaired) electrons. The van der Waals surface area contributed by atoms with Crippen molar-refractivity contribution in [3.05, 3.63) is 11.1 Å². The summed E-state index contributed by atoms with van der Waals surface area (Å²) in [6.45, 7) is 9.72. The fourth-order valence-electron chi connectivity index (χ4n) is 2.40. The topological polar surface area (TPSA) is 88.3 Å². The maximum atomic E-state index is 12.4. The highest BCUT2D eigenvalue weighted by atomic mass is 32.1. The Morgan fingerprint density at radius 2 is 2.17 bits per heavy atom. The van der Waals surface area contributed by atoms with Gasteiger partial charge in [0.05, 0.1) is 12.1 Å². The summed E-state index contributed by atoms with van der Waals surface area (Å²) in [6, 6.07) is 0. The van der Waals surface area contributed by atoms with E-state index in [1.54, 1.807) is 0 Å². The summed E-state index contributed by atoms with van der Waals surface area (Å²) in [4.78, 5) is 30.5. The summed E-state index contributed by atoms with van der Waals surface area (Å²) in [5, 5.41) is 5.16. The van der Waals surface area contributed by atoms with Crippen LogP contribution in [0.5, 0.6) is 0 Å². The number of likely N-dealkylation sites (tertiary alicyclic amines) is 1. The highest BCUT2D eigenvalue weighted by Gasteiger charge is 2.34. The molecule has 1 aliphatic heterocycles. The molecule has 1 aromatic heterocycles. The molecule has 0 aliphatic carbocycles. The average molecular weight is 338 g/mol. The maximum Gasteiger partial charge on any atom is 0.231 e. The second-order valence-electron chi connectivity index (χ2n) is 7.60. The highest BCUT2D eigenvalue weighted by Crippen LogP contribution is 2.29. The number of anilines is 1. The predicted octanol–water partition coefficient (Wildman–Crippen LogP) is 1.87. The van der Waals surface area contributed by atoms with E-state index in [0.29, 0.717) is 23.9 Å². The van der Waals surface area contributed by atoms with E-state index in [9.17, 15) is 9.59 Å². The largest absolute Gasteiger partial charge is 0.342 e. The van der Waals surface area contributed by atoms with Gasteiger partial charge >= 0.3 is 0 Å². The van der Waals surface area contributed by atoms with Crippen molar-refractivity contribution in [1.82, 2.24) is 9.88 Å². The minimum absolute atomic E-state index is 0.0313. The summed E-state index contributed by atoms with van der Waals surface area (Å²) in [5.74, 6) is -0.0100. The lowest BCUT2D eigenvalue weighted by molar-refractivity contribution is -0.129. The van der Waals surface area contributed by atoms with Gasteiger partial charge in [-0.2, -0.15) is 0 Å². The van der Waals surface area contributed by atoms with Crippen molar-refractivity contribution < 1.29 is 9.59 Å². The van der Waals surface area contributed by atoms with Crippen LogP contribution in [-0.2, 0) is 16.0 Å². The minimum Gasteiger partial charge on any atom is -0.342 e. The second kappa shape index (κ2) is 6.57. The van der Waals surface area contributed by atoms with Crippen LogP contribution in [0.1, 0.15) is 39.8 Å². The first-order chi connectivity index (χ1) is 10.6. The number of rotatable bonds is 4. The van der Waals surface area contributed by atoms with Crippen LogP contribution >= 0.6 is 11.3 Å². The first-order valence-corrected chi connectivity index (χ1v) is 8.75. The molecule has 128 valence electrons. The number of carbonyl (C=O) groups excluding carboxylic acids is 2. The van der Waals surface area contributed by atoms with Gasteiger partial charge in [0.15, 0.2) is 5.13 Å². The zero-order valence-corrected chi connectivity index (χ0v) is 15.1. The lowest BCUT2D eigenvalue weighted by Crippen LogP contribution is -2.35. The van der Waals surface area contributed by atoms with Crippen LogP contribution in [0.2, 0.25) is 0 Å². The molecule has 2 heterocycles. The summed E-state index contributed by atoms with van der Waals surface area (Å²) in [7, 11) is 0. The molecule has 0 aromatic carbocycles. The smallest absolute Gasteiger partial charge is 0.231 e. The lowest BCUT2D eigenvalue weighted by atomic mass is 9.90. The van der Waals surface area contributed by atoms with E-state index in [-0.39, 0.29) is 23.7 Å². The molecule has 23 heavy (non-hydrogen) atoms. The van der Waals surface area contributed by atoms with Crippen molar-refractivity contribution in [3.63, 3.8) is 0 Å². The van der Waals surface area contributed by atoms with Gasteiger partial charge in [-0.05, 0) is 18.4 Å². The predicted molar refractivity (Wildman–Crippen MR) is 92.3 cm³/mol. The molecule has 1 aliphatic rings. The number of aromatic nitrogens is 1. The van der Waals surface area contributed by atoms with E-state index in [2.05, 4.69) is 17.2 Å². The third-order valence-electron chi connectivity index (χ3n) is 4.19. The average Bonchev–Trinajstić information content (AvgIpc) is 3.05. The quantitative estimate of drug-likeness (QED) is 0.877. The fraction of sp³-hybridized carbons (Fsp3) is 0.688. The number of hydrogen-bond donors (Lipinski definition) is 2. The van der Waals surface area contributed by atoms with Crippen LogP contribution in [0, 0.1) is 10.8 Å². The van der Waals surface area contributed by atoms with Crippen LogP contribution in [0.15, 0.2) is 5.38 Å². The lowest BCUT2D eigenvalue weighted by Gasteiger charge is -2.22. The van der Waals surface area contributed by atoms with Crippen molar-refractivity contribution in [3.8, 4) is 0 Å². The molecular formula is C16H26N4O2S. The molecule has 1 aromatic rings. The summed E-state index contributed by atoms with van der Waals surface area (Å²) < 4.78 is 0. The van der Waals surface area contributed by atoms with Crippen molar-refractivity contribution >= 4 is 28.3 Å². The van der Waals surface area contributed by atoms with Gasteiger partial charge in [0, 0.05) is 23.9 Å². The fourth-order valence-corrected chi connectivity index (χ4v) is 3.11. The monoisotopic (exact) mass is 338 g/mol. The molecule has 1 unspecified atom stereocenters. The van der Waals surface area contributed by atoms with Crippen LogP contribution in [0.25, 0.3) is 0 Å². The van der Waals surface area contributed by atoms with Gasteiger partial charge in [-0.3, -0.25) is 9.59 Å². The molecule has 3 N–H and O–H groups in total. The van der Waals surface area contributed by atoms with E-state index < -0.39 is 5.41 Å². The Bertz CT molecular complexity index is 593. The molecule has 2 rings (SSSR count). The third-order valence-corrected chi connectivity index (χ3v) is 5.00. The molecule has 1 atom stereocenters. The molecule has 1 saturated heterocycles. The Labute approximate surface area is 141 Å². The van der Waals surface area contributed by atoms with Crippen molar-refractivity contribution in [1.29, 1.82) is 0 Å². The zero-order valence-electron chi connectivity index (χ0n) is 14.3. The van der Waals surface area contributed by atoms with E-state index in [4.69, 9.17) is 5.73 Å². The van der Waals surface area contributed by atoms with Crippen LogP contribution in [0.3, 0.4) is 0 Å². The Hall–Kier alpha value is -1.47. The number of nitrogens with zero attached hydrogens (tertiary/aromatic N) is 2. The molecule has 0 spiro atoms. The molecule has 0 bridgehead atoms. The Morgan fingerprint density at radius 3 is 2.74 bits per heavy atom. The third kappa shape index (κ3) is 4.51. The van der Waals surface area contributed by atoms with Crippen molar-refractivity contribution in [2.75, 3.05) is 25.0 Å². The summed E-state index contributed by atoms with van der Waals surface area (Å²) in [5.41, 5.74) is 6.04. The summed E-state index contributed by atoms with van der Waals surface area (Å²) in [6.07, 6.45) is 1.21. The van der Waals surface area contributed by atoms with Crippen molar-refractivity contribution in [2.24, 2.45) is 16.6 Å². The maximum absolute atomic E-state index is 12.4. The molecule has 2 amide bonds. The van der Waals surface area contributed by atoms with E-state index in [1.807, 2.05) is 31.1 Å². The molecule has 6 nitrogen and oxygen atoms in total. The van der Waals surface area contributed by atoms with Gasteiger partial charge in [-0.25, -0.2) is 4.98 Å². The van der Waals surface area contributed by atoms with Crippen molar-refractivity contribution in [2.45, 2.75) is 40.5 Å². The van der Waals surface area contributed by atoms with Gasteiger partial charge < -0.3 is 16.0 Å². The Balaban J connectivity index is 1.92. The molecule has 7 heteroatoms. The second-order valence-corrected chi connectivity index (χ2v) is 8.46. The normalized spacial score (nSPS) is 21.5. The van der Waals surface area contributed by atoms with Gasteiger partial charge in [-0.1, -0.05) is 27.7 Å². The number of nitrogens with one attached hydrogen (secondary N) is 1. The number of hydrogen-bond acceptors (Lipinski definition) is 5. The number of nitrogens with two attached hydrogens (primary N) is 1. The van der Waals surface area contributed by atoms with Crippen LogP contribution in [0.4, 0.5) is 5.13 Å². The minimum atomic E-state index is -0.468. The standard InChI is InChI=1S/C16H26N4O2S/c1-15(2,3)13(22)19-14-18-11(8-23-14)7-12(21)20-6-5-16(4,9-17)10-20/h8H,5-7,9-10,17H2,1-4H3,(H,18,19,22). The first kappa shape index (κ1) is 17.9. The Morgan fingerprint density at radius 1 is 1.48 bits per heavy atom. The van der Waals surface area contributed by atoms with Gasteiger partial charge in [0.1, 0.15) is 0 Å². The number of amides is 2. The van der Waals surface area contributed by atoms with E-state index >= 15 is 0 Å². The Kier molecular flexibility index (Phi) is 5.10. The molecule has 1 fully saturated rings.